The first-order valence-electron chi connectivity index (χ1n) is 5.93. The lowest BCUT2D eigenvalue weighted by molar-refractivity contribution is 0.637. The first kappa shape index (κ1) is 12.2. The van der Waals surface area contributed by atoms with Crippen molar-refractivity contribution in [3.63, 3.8) is 0 Å². The molecule has 0 fully saturated rings. The zero-order chi connectivity index (χ0) is 13.0. The summed E-state index contributed by atoms with van der Waals surface area (Å²) in [4.78, 5) is 0. The van der Waals surface area contributed by atoms with Gasteiger partial charge in [-0.2, -0.15) is 10.4 Å². The van der Waals surface area contributed by atoms with Gasteiger partial charge >= 0.3 is 0 Å². The van der Waals surface area contributed by atoms with Crippen molar-refractivity contribution in [3.05, 3.63) is 47.3 Å². The molecule has 0 aliphatic carbocycles. The number of nitrogens with one attached hydrogen (secondary N) is 1. The summed E-state index contributed by atoms with van der Waals surface area (Å²) in [5, 5.41) is 16.5. The molecule has 92 valence electrons. The van der Waals surface area contributed by atoms with Crippen molar-refractivity contribution in [2.24, 2.45) is 0 Å². The maximum absolute atomic E-state index is 9.06. The van der Waals surface area contributed by atoms with E-state index in [1.807, 2.05) is 49.1 Å². The summed E-state index contributed by atoms with van der Waals surface area (Å²) in [6.45, 7) is 5.53. The molecule has 1 N–H and O–H groups in total. The number of anilines is 1. The van der Waals surface area contributed by atoms with Gasteiger partial charge < -0.3 is 5.32 Å². The summed E-state index contributed by atoms with van der Waals surface area (Å²) in [6, 6.07) is 8.04. The van der Waals surface area contributed by atoms with Crippen LogP contribution in [0.5, 0.6) is 0 Å². The monoisotopic (exact) mass is 240 g/mol. The number of nitrogens with zero attached hydrogens (tertiary/aromatic N) is 3. The zero-order valence-corrected chi connectivity index (χ0v) is 10.6. The van der Waals surface area contributed by atoms with Crippen LogP contribution in [0.1, 0.15) is 16.7 Å². The van der Waals surface area contributed by atoms with Gasteiger partial charge in [-0.3, -0.25) is 4.68 Å². The molecule has 4 heteroatoms. The quantitative estimate of drug-likeness (QED) is 0.893. The first-order chi connectivity index (χ1) is 8.69. The van der Waals surface area contributed by atoms with Gasteiger partial charge in [0, 0.05) is 12.7 Å². The molecule has 0 unspecified atom stereocenters. The van der Waals surface area contributed by atoms with Crippen LogP contribution in [0.4, 0.5) is 5.69 Å². The predicted molar refractivity (Wildman–Crippen MR) is 71.3 cm³/mol. The Kier molecular flexibility index (Phi) is 3.63. The summed E-state index contributed by atoms with van der Waals surface area (Å²) in [7, 11) is 0. The second-order valence-corrected chi connectivity index (χ2v) is 4.37. The minimum absolute atomic E-state index is 0.687. The Labute approximate surface area is 107 Å². The summed E-state index contributed by atoms with van der Waals surface area (Å²) >= 11 is 0. The van der Waals surface area contributed by atoms with Gasteiger partial charge in [-0.15, -0.1) is 0 Å². The Morgan fingerprint density at radius 3 is 2.83 bits per heavy atom. The van der Waals surface area contributed by atoms with Crippen molar-refractivity contribution < 1.29 is 0 Å². The van der Waals surface area contributed by atoms with Crippen LogP contribution in [0.15, 0.2) is 30.6 Å². The fourth-order valence-corrected chi connectivity index (χ4v) is 1.80. The normalized spacial score (nSPS) is 10.1. The highest BCUT2D eigenvalue weighted by Gasteiger charge is 2.01. The molecule has 0 aliphatic rings. The SMILES string of the molecule is Cc1ccc(NCCn2cc(C)cn2)c(C#N)c1. The second kappa shape index (κ2) is 5.37. The Morgan fingerprint density at radius 1 is 1.33 bits per heavy atom. The highest BCUT2D eigenvalue weighted by Crippen LogP contribution is 2.15. The number of nitriles is 1. The number of rotatable bonds is 4. The van der Waals surface area contributed by atoms with E-state index in [0.29, 0.717) is 5.56 Å². The van der Waals surface area contributed by atoms with E-state index in [-0.39, 0.29) is 0 Å². The minimum atomic E-state index is 0.687. The predicted octanol–water partition coefficient (Wildman–Crippen LogP) is 2.48. The third kappa shape index (κ3) is 2.89. The van der Waals surface area contributed by atoms with E-state index in [9.17, 15) is 0 Å². The molecule has 2 rings (SSSR count). The maximum atomic E-state index is 9.06. The summed E-state index contributed by atoms with van der Waals surface area (Å²) in [5.74, 6) is 0. The van der Waals surface area contributed by atoms with E-state index in [1.165, 1.54) is 0 Å². The van der Waals surface area contributed by atoms with Gasteiger partial charge in [0.15, 0.2) is 0 Å². The van der Waals surface area contributed by atoms with E-state index in [1.54, 1.807) is 0 Å². The number of benzene rings is 1. The van der Waals surface area contributed by atoms with Gasteiger partial charge in [-0.25, -0.2) is 0 Å². The van der Waals surface area contributed by atoms with Crippen LogP contribution in [0.2, 0.25) is 0 Å². The zero-order valence-electron chi connectivity index (χ0n) is 10.6. The lowest BCUT2D eigenvalue weighted by Gasteiger charge is -2.08. The molecular formula is C14H16N4. The van der Waals surface area contributed by atoms with Crippen LogP contribution in [-0.2, 0) is 6.54 Å². The first-order valence-corrected chi connectivity index (χ1v) is 5.93. The minimum Gasteiger partial charge on any atom is -0.382 e. The molecule has 18 heavy (non-hydrogen) atoms. The highest BCUT2D eigenvalue weighted by atomic mass is 15.3. The molecule has 0 atom stereocenters. The third-order valence-corrected chi connectivity index (χ3v) is 2.71. The second-order valence-electron chi connectivity index (χ2n) is 4.37. The van der Waals surface area contributed by atoms with E-state index >= 15 is 0 Å². The molecule has 0 saturated carbocycles. The van der Waals surface area contributed by atoms with E-state index in [2.05, 4.69) is 16.5 Å². The van der Waals surface area contributed by atoms with Gasteiger partial charge in [-0.1, -0.05) is 6.07 Å². The molecule has 1 heterocycles. The fraction of sp³-hybridized carbons (Fsp3) is 0.286. The van der Waals surface area contributed by atoms with E-state index in [0.717, 1.165) is 29.9 Å². The number of aromatic nitrogens is 2. The molecule has 0 amide bonds. The summed E-state index contributed by atoms with van der Waals surface area (Å²) in [6.07, 6.45) is 3.84. The number of hydrogen-bond acceptors (Lipinski definition) is 3. The van der Waals surface area contributed by atoms with Crippen molar-refractivity contribution in [3.8, 4) is 6.07 Å². The third-order valence-electron chi connectivity index (χ3n) is 2.71. The average Bonchev–Trinajstić information content (AvgIpc) is 2.77. The molecule has 0 aliphatic heterocycles. The molecule has 0 bridgehead atoms. The molecule has 1 aromatic carbocycles. The summed E-state index contributed by atoms with van der Waals surface area (Å²) < 4.78 is 1.89. The van der Waals surface area contributed by atoms with Crippen LogP contribution in [0.3, 0.4) is 0 Å². The molecule has 0 radical (unpaired) electrons. The highest BCUT2D eigenvalue weighted by molar-refractivity contribution is 5.58. The molecular weight excluding hydrogens is 224 g/mol. The van der Waals surface area contributed by atoms with Crippen molar-refractivity contribution in [2.45, 2.75) is 20.4 Å². The maximum Gasteiger partial charge on any atom is 0.101 e. The topological polar surface area (TPSA) is 53.6 Å². The molecule has 0 spiro atoms. The van der Waals surface area contributed by atoms with Gasteiger partial charge in [0.2, 0.25) is 0 Å². The van der Waals surface area contributed by atoms with Crippen LogP contribution in [0.25, 0.3) is 0 Å². The van der Waals surface area contributed by atoms with E-state index < -0.39 is 0 Å². The lowest BCUT2D eigenvalue weighted by Crippen LogP contribution is -2.11. The Bertz CT molecular complexity index is 578. The van der Waals surface area contributed by atoms with Crippen molar-refractivity contribution in [1.82, 2.24) is 9.78 Å². The van der Waals surface area contributed by atoms with Crippen LogP contribution < -0.4 is 5.32 Å². The van der Waals surface area contributed by atoms with Crippen LogP contribution in [-0.4, -0.2) is 16.3 Å². The molecule has 4 nitrogen and oxygen atoms in total. The van der Waals surface area contributed by atoms with Gasteiger partial charge in [0.05, 0.1) is 24.0 Å². The number of hydrogen-bond donors (Lipinski definition) is 1. The molecule has 0 saturated heterocycles. The van der Waals surface area contributed by atoms with Crippen LogP contribution >= 0.6 is 0 Å². The van der Waals surface area contributed by atoms with Crippen molar-refractivity contribution in [2.75, 3.05) is 11.9 Å². The number of aryl methyl sites for hydroxylation is 2. The molecule has 1 aromatic heterocycles. The Morgan fingerprint density at radius 2 is 2.17 bits per heavy atom. The van der Waals surface area contributed by atoms with Gasteiger partial charge in [-0.05, 0) is 37.1 Å². The van der Waals surface area contributed by atoms with E-state index in [4.69, 9.17) is 5.26 Å². The molecule has 2 aromatic rings. The van der Waals surface area contributed by atoms with Crippen molar-refractivity contribution in [1.29, 1.82) is 5.26 Å². The van der Waals surface area contributed by atoms with Crippen molar-refractivity contribution >= 4 is 5.69 Å². The Hall–Kier alpha value is -2.28. The summed E-state index contributed by atoms with van der Waals surface area (Å²) in [5.41, 5.74) is 3.82. The smallest absolute Gasteiger partial charge is 0.101 e. The van der Waals surface area contributed by atoms with Gasteiger partial charge in [0.25, 0.3) is 0 Å². The largest absolute Gasteiger partial charge is 0.382 e. The fourth-order valence-electron chi connectivity index (χ4n) is 1.80. The van der Waals surface area contributed by atoms with Gasteiger partial charge in [0.1, 0.15) is 6.07 Å². The lowest BCUT2D eigenvalue weighted by atomic mass is 10.1. The standard InChI is InChI=1S/C14H16N4/c1-11-3-4-14(13(7-11)8-15)16-5-6-18-10-12(2)9-17-18/h3-4,7,9-10,16H,5-6H2,1-2H3. The van der Waals surface area contributed by atoms with Crippen LogP contribution in [0, 0.1) is 25.2 Å². The Balaban J connectivity index is 1.96. The average molecular weight is 240 g/mol.